The van der Waals surface area contributed by atoms with Crippen LogP contribution in [0.2, 0.25) is 0 Å². The van der Waals surface area contributed by atoms with Crippen LogP contribution >= 0.6 is 0 Å². The highest BCUT2D eigenvalue weighted by Crippen LogP contribution is 2.30. The molecule has 0 unspecified atom stereocenters. The molecule has 0 radical (unpaired) electrons. The van der Waals surface area contributed by atoms with Gasteiger partial charge in [0.2, 0.25) is 0 Å². The van der Waals surface area contributed by atoms with Gasteiger partial charge < -0.3 is 5.11 Å². The normalized spacial score (nSPS) is 34.9. The van der Waals surface area contributed by atoms with Crippen molar-refractivity contribution in [1.29, 1.82) is 0 Å². The number of rotatable bonds is 1. The number of aliphatic hydroxyl groups excluding tert-OH is 1. The highest BCUT2D eigenvalue weighted by Gasteiger charge is 2.24. The van der Waals surface area contributed by atoms with E-state index in [1.807, 2.05) is 6.92 Å². The van der Waals surface area contributed by atoms with Crippen LogP contribution in [0.3, 0.4) is 0 Å². The van der Waals surface area contributed by atoms with E-state index in [0.29, 0.717) is 5.92 Å². The molecular formula is C8H14O. The van der Waals surface area contributed by atoms with Gasteiger partial charge in [0.05, 0.1) is 6.10 Å². The summed E-state index contributed by atoms with van der Waals surface area (Å²) in [6.07, 6.45) is 3.18. The van der Waals surface area contributed by atoms with E-state index in [4.69, 9.17) is 0 Å². The first-order valence-electron chi connectivity index (χ1n) is 3.55. The van der Waals surface area contributed by atoms with E-state index in [9.17, 15) is 5.11 Å². The van der Waals surface area contributed by atoms with Crippen molar-refractivity contribution in [3.05, 3.63) is 12.2 Å². The quantitative estimate of drug-likeness (QED) is 0.530. The third-order valence-electron chi connectivity index (χ3n) is 2.11. The van der Waals surface area contributed by atoms with Gasteiger partial charge in [-0.2, -0.15) is 0 Å². The zero-order valence-electron chi connectivity index (χ0n) is 5.93. The minimum atomic E-state index is -0.0949. The van der Waals surface area contributed by atoms with Crippen molar-refractivity contribution in [3.63, 3.8) is 0 Å². The predicted molar refractivity (Wildman–Crippen MR) is 38.2 cm³/mol. The fourth-order valence-electron chi connectivity index (χ4n) is 1.52. The van der Waals surface area contributed by atoms with Gasteiger partial charge >= 0.3 is 0 Å². The van der Waals surface area contributed by atoms with Crippen molar-refractivity contribution in [2.45, 2.75) is 32.3 Å². The van der Waals surface area contributed by atoms with Crippen LogP contribution in [0.25, 0.3) is 0 Å². The molecule has 0 heterocycles. The lowest BCUT2D eigenvalue weighted by atomic mass is 9.99. The Hall–Kier alpha value is -0.300. The molecule has 1 heteroatoms. The van der Waals surface area contributed by atoms with E-state index in [1.54, 1.807) is 0 Å². The lowest BCUT2D eigenvalue weighted by Crippen LogP contribution is -2.13. The maximum Gasteiger partial charge on any atom is 0.0605 e. The lowest BCUT2D eigenvalue weighted by Gasteiger charge is -2.12. The van der Waals surface area contributed by atoms with E-state index in [2.05, 4.69) is 6.58 Å². The van der Waals surface area contributed by atoms with Gasteiger partial charge in [-0.3, -0.25) is 0 Å². The Morgan fingerprint density at radius 1 is 1.56 bits per heavy atom. The summed E-state index contributed by atoms with van der Waals surface area (Å²) >= 11 is 0. The molecule has 0 bridgehead atoms. The maximum absolute atomic E-state index is 9.30. The molecule has 9 heavy (non-hydrogen) atoms. The number of aliphatic hydroxyl groups is 1. The second-order valence-corrected chi connectivity index (χ2v) is 2.95. The molecule has 1 saturated carbocycles. The third-order valence-corrected chi connectivity index (χ3v) is 2.11. The van der Waals surface area contributed by atoms with Crippen LogP contribution in [-0.2, 0) is 0 Å². The molecule has 0 aliphatic heterocycles. The summed E-state index contributed by atoms with van der Waals surface area (Å²) in [5.41, 5.74) is 1.14. The van der Waals surface area contributed by atoms with E-state index in [0.717, 1.165) is 18.4 Å². The van der Waals surface area contributed by atoms with Crippen molar-refractivity contribution in [3.8, 4) is 0 Å². The summed E-state index contributed by atoms with van der Waals surface area (Å²) in [7, 11) is 0. The SMILES string of the molecule is C=C(C)[C@H]1CCC[C@H]1O. The van der Waals surface area contributed by atoms with Crippen molar-refractivity contribution in [2.75, 3.05) is 0 Å². The minimum absolute atomic E-state index is 0.0949. The Morgan fingerprint density at radius 3 is 2.44 bits per heavy atom. The Labute approximate surface area is 56.4 Å². The van der Waals surface area contributed by atoms with E-state index in [-0.39, 0.29) is 6.10 Å². The highest BCUT2D eigenvalue weighted by atomic mass is 16.3. The Bertz CT molecular complexity index is 118. The Morgan fingerprint density at radius 2 is 2.22 bits per heavy atom. The Kier molecular flexibility index (Phi) is 1.91. The fourth-order valence-corrected chi connectivity index (χ4v) is 1.52. The van der Waals surface area contributed by atoms with Crippen LogP contribution in [-0.4, -0.2) is 11.2 Å². The molecule has 0 amide bonds. The average molecular weight is 126 g/mol. The molecule has 0 spiro atoms. The lowest BCUT2D eigenvalue weighted by molar-refractivity contribution is 0.148. The summed E-state index contributed by atoms with van der Waals surface area (Å²) in [6.45, 7) is 5.83. The van der Waals surface area contributed by atoms with Gasteiger partial charge in [-0.15, -0.1) is 0 Å². The Balaban J connectivity index is 2.49. The summed E-state index contributed by atoms with van der Waals surface area (Å²) in [6, 6.07) is 0. The molecule has 52 valence electrons. The highest BCUT2D eigenvalue weighted by molar-refractivity contribution is 5.01. The molecular weight excluding hydrogens is 112 g/mol. The standard InChI is InChI=1S/C8H14O/c1-6(2)7-4-3-5-8(7)9/h7-9H,1,3-5H2,2H3/t7-,8-/m1/s1. The number of hydrogen-bond acceptors (Lipinski definition) is 1. The van der Waals surface area contributed by atoms with E-state index < -0.39 is 0 Å². The second kappa shape index (κ2) is 2.53. The van der Waals surface area contributed by atoms with Gasteiger partial charge in [0.1, 0.15) is 0 Å². The first kappa shape index (κ1) is 6.81. The van der Waals surface area contributed by atoms with Crippen LogP contribution in [0.15, 0.2) is 12.2 Å². The molecule has 0 aromatic rings. The monoisotopic (exact) mass is 126 g/mol. The topological polar surface area (TPSA) is 20.2 Å². The number of hydrogen-bond donors (Lipinski definition) is 1. The maximum atomic E-state index is 9.30. The van der Waals surface area contributed by atoms with Crippen LogP contribution < -0.4 is 0 Å². The summed E-state index contributed by atoms with van der Waals surface area (Å²) in [4.78, 5) is 0. The zero-order valence-corrected chi connectivity index (χ0v) is 5.93. The van der Waals surface area contributed by atoms with Crippen LogP contribution in [0, 0.1) is 5.92 Å². The molecule has 0 aromatic heterocycles. The smallest absolute Gasteiger partial charge is 0.0605 e. The molecule has 2 atom stereocenters. The molecule has 1 aliphatic carbocycles. The summed E-state index contributed by atoms with van der Waals surface area (Å²) in [5, 5.41) is 9.30. The molecule has 0 aromatic carbocycles. The van der Waals surface area contributed by atoms with Gasteiger partial charge in [-0.25, -0.2) is 0 Å². The molecule has 1 nitrogen and oxygen atoms in total. The van der Waals surface area contributed by atoms with E-state index >= 15 is 0 Å². The molecule has 1 N–H and O–H groups in total. The van der Waals surface area contributed by atoms with Gasteiger partial charge in [-0.1, -0.05) is 18.6 Å². The summed E-state index contributed by atoms with van der Waals surface area (Å²) < 4.78 is 0. The summed E-state index contributed by atoms with van der Waals surface area (Å²) in [5.74, 6) is 0.394. The minimum Gasteiger partial charge on any atom is -0.393 e. The van der Waals surface area contributed by atoms with E-state index in [1.165, 1.54) is 6.42 Å². The van der Waals surface area contributed by atoms with Gasteiger partial charge in [0, 0.05) is 5.92 Å². The second-order valence-electron chi connectivity index (χ2n) is 2.95. The van der Waals surface area contributed by atoms with Crippen molar-refractivity contribution in [2.24, 2.45) is 5.92 Å². The molecule has 1 fully saturated rings. The van der Waals surface area contributed by atoms with Crippen LogP contribution in [0.4, 0.5) is 0 Å². The van der Waals surface area contributed by atoms with Gasteiger partial charge in [0.25, 0.3) is 0 Å². The van der Waals surface area contributed by atoms with Gasteiger partial charge in [-0.05, 0) is 19.8 Å². The molecule has 1 rings (SSSR count). The molecule has 0 saturated heterocycles. The zero-order chi connectivity index (χ0) is 6.85. The largest absolute Gasteiger partial charge is 0.393 e. The van der Waals surface area contributed by atoms with Crippen LogP contribution in [0.1, 0.15) is 26.2 Å². The fraction of sp³-hybridized carbons (Fsp3) is 0.750. The van der Waals surface area contributed by atoms with Crippen molar-refractivity contribution >= 4 is 0 Å². The average Bonchev–Trinajstić information content (AvgIpc) is 2.13. The first-order chi connectivity index (χ1) is 4.22. The predicted octanol–water partition coefficient (Wildman–Crippen LogP) is 1.72. The first-order valence-corrected chi connectivity index (χ1v) is 3.55. The van der Waals surface area contributed by atoms with Gasteiger partial charge in [0.15, 0.2) is 0 Å². The third kappa shape index (κ3) is 1.33. The molecule has 1 aliphatic rings. The van der Waals surface area contributed by atoms with Crippen molar-refractivity contribution < 1.29 is 5.11 Å². The van der Waals surface area contributed by atoms with Crippen LogP contribution in [0.5, 0.6) is 0 Å². The van der Waals surface area contributed by atoms with Crippen molar-refractivity contribution in [1.82, 2.24) is 0 Å².